The Kier molecular flexibility index (Phi) is 5.06. The summed E-state index contributed by atoms with van der Waals surface area (Å²) < 4.78 is 62.0. The Morgan fingerprint density at radius 1 is 1.21 bits per heavy atom. The van der Waals surface area contributed by atoms with E-state index in [0.717, 1.165) is 25.0 Å². The molecule has 1 unspecified atom stereocenters. The molecule has 1 fully saturated rings. The third-order valence-electron chi connectivity index (χ3n) is 5.55. The first kappa shape index (κ1) is 22.0. The van der Waals surface area contributed by atoms with Crippen LogP contribution in [0.3, 0.4) is 0 Å². The van der Waals surface area contributed by atoms with Gasteiger partial charge in [-0.25, -0.2) is 4.39 Å². The number of furan rings is 1. The van der Waals surface area contributed by atoms with Gasteiger partial charge < -0.3 is 14.6 Å². The summed E-state index contributed by atoms with van der Waals surface area (Å²) in [5.74, 6) is -1.43. The normalized spacial score (nSPS) is 20.6. The van der Waals surface area contributed by atoms with E-state index in [9.17, 15) is 22.4 Å². The fraction of sp³-hybridized carbons (Fsp3) is 0.286. The summed E-state index contributed by atoms with van der Waals surface area (Å²) in [5.41, 5.74) is -3.21. The topological polar surface area (TPSA) is 76.7 Å². The number of rotatable bonds is 4. The minimum absolute atomic E-state index is 0.0622. The molecule has 0 spiro atoms. The molecular formula is C21H13Cl2F4N3O3. The SMILES string of the molecule is O=C(NC1CC1)c1cnc(C2=NOC(c3cc(Cl)c(F)c(Cl)c3)(C(F)(F)F)C2)c2ccoc12. The monoisotopic (exact) mass is 501 g/mol. The number of carbonyl (C=O) groups is 1. The van der Waals surface area contributed by atoms with Crippen molar-refractivity contribution >= 4 is 45.8 Å². The van der Waals surface area contributed by atoms with Crippen molar-refractivity contribution in [2.75, 3.05) is 0 Å². The average Bonchev–Trinajstić information content (AvgIpc) is 3.25. The molecule has 1 atom stereocenters. The molecule has 1 saturated carbocycles. The van der Waals surface area contributed by atoms with Crippen molar-refractivity contribution in [1.82, 2.24) is 10.3 Å². The molecule has 1 N–H and O–H groups in total. The van der Waals surface area contributed by atoms with Gasteiger partial charge in [-0.05, 0) is 31.0 Å². The van der Waals surface area contributed by atoms with Crippen molar-refractivity contribution in [1.29, 1.82) is 0 Å². The summed E-state index contributed by atoms with van der Waals surface area (Å²) in [4.78, 5) is 21.6. The molecule has 3 heterocycles. The number of hydrogen-bond donors (Lipinski definition) is 1. The van der Waals surface area contributed by atoms with Gasteiger partial charge in [0.25, 0.3) is 11.5 Å². The zero-order valence-electron chi connectivity index (χ0n) is 16.5. The first-order valence-electron chi connectivity index (χ1n) is 9.75. The van der Waals surface area contributed by atoms with E-state index in [0.29, 0.717) is 5.39 Å². The van der Waals surface area contributed by atoms with E-state index in [-0.39, 0.29) is 34.5 Å². The molecule has 1 aliphatic heterocycles. The summed E-state index contributed by atoms with van der Waals surface area (Å²) >= 11 is 11.5. The second kappa shape index (κ2) is 7.59. The molecule has 172 valence electrons. The Labute approximate surface area is 193 Å². The van der Waals surface area contributed by atoms with E-state index >= 15 is 0 Å². The number of aromatic nitrogens is 1. The number of nitrogens with zero attached hydrogens (tertiary/aromatic N) is 2. The number of halogens is 6. The van der Waals surface area contributed by atoms with Crippen LogP contribution >= 0.6 is 23.2 Å². The van der Waals surface area contributed by atoms with Crippen LogP contribution in [0.25, 0.3) is 11.0 Å². The summed E-state index contributed by atoms with van der Waals surface area (Å²) in [6, 6.07) is 3.19. The zero-order chi connectivity index (χ0) is 23.5. The van der Waals surface area contributed by atoms with Crippen molar-refractivity contribution < 1.29 is 31.6 Å². The van der Waals surface area contributed by atoms with Gasteiger partial charge in [-0.15, -0.1) is 0 Å². The van der Waals surface area contributed by atoms with Crippen molar-refractivity contribution in [2.45, 2.75) is 37.1 Å². The van der Waals surface area contributed by atoms with Crippen molar-refractivity contribution in [3.8, 4) is 0 Å². The molecule has 0 radical (unpaired) electrons. The van der Waals surface area contributed by atoms with E-state index in [1.54, 1.807) is 0 Å². The van der Waals surface area contributed by atoms with E-state index in [1.807, 2.05) is 0 Å². The van der Waals surface area contributed by atoms with Gasteiger partial charge in [-0.2, -0.15) is 13.2 Å². The van der Waals surface area contributed by atoms with Crippen LogP contribution in [0.4, 0.5) is 17.6 Å². The summed E-state index contributed by atoms with van der Waals surface area (Å²) in [7, 11) is 0. The number of benzene rings is 1. The van der Waals surface area contributed by atoms with E-state index in [4.69, 9.17) is 32.5 Å². The summed E-state index contributed by atoms with van der Waals surface area (Å²) in [6.45, 7) is 0. The quantitative estimate of drug-likeness (QED) is 0.364. The van der Waals surface area contributed by atoms with Crippen LogP contribution in [-0.4, -0.2) is 28.8 Å². The second-order valence-corrected chi connectivity index (χ2v) is 8.63. The Morgan fingerprint density at radius 3 is 2.55 bits per heavy atom. The maximum absolute atomic E-state index is 14.2. The Morgan fingerprint density at radius 2 is 1.91 bits per heavy atom. The third kappa shape index (κ3) is 3.61. The smallest absolute Gasteiger partial charge is 0.435 e. The van der Waals surface area contributed by atoms with Crippen LogP contribution in [0, 0.1) is 5.82 Å². The first-order valence-corrected chi connectivity index (χ1v) is 10.5. The van der Waals surface area contributed by atoms with E-state index in [1.165, 1.54) is 18.5 Å². The Bertz CT molecular complexity index is 1300. The van der Waals surface area contributed by atoms with Crippen LogP contribution in [0.2, 0.25) is 10.0 Å². The second-order valence-electron chi connectivity index (χ2n) is 7.82. The lowest BCUT2D eigenvalue weighted by atomic mass is 9.87. The van der Waals surface area contributed by atoms with E-state index < -0.39 is 39.6 Å². The van der Waals surface area contributed by atoms with Gasteiger partial charge in [0.2, 0.25) is 0 Å². The summed E-state index contributed by atoms with van der Waals surface area (Å²) in [5, 5.41) is 5.60. The van der Waals surface area contributed by atoms with Crippen molar-refractivity contribution in [3.05, 3.63) is 63.3 Å². The van der Waals surface area contributed by atoms with Gasteiger partial charge in [0, 0.05) is 23.2 Å². The molecule has 1 aliphatic carbocycles. The van der Waals surface area contributed by atoms with E-state index in [2.05, 4.69) is 15.5 Å². The number of alkyl halides is 3. The van der Waals surface area contributed by atoms with Crippen LogP contribution < -0.4 is 5.32 Å². The largest absolute Gasteiger partial charge is 0.463 e. The molecule has 2 aromatic heterocycles. The fourth-order valence-electron chi connectivity index (χ4n) is 3.66. The molecule has 6 nitrogen and oxygen atoms in total. The van der Waals surface area contributed by atoms with Crippen LogP contribution in [-0.2, 0) is 10.4 Å². The number of oxime groups is 1. The lowest BCUT2D eigenvalue weighted by molar-refractivity contribution is -0.275. The average molecular weight is 502 g/mol. The summed E-state index contributed by atoms with van der Waals surface area (Å²) in [6.07, 6.45) is -1.46. The molecule has 12 heteroatoms. The number of nitrogens with one attached hydrogen (secondary N) is 1. The van der Waals surface area contributed by atoms with Crippen molar-refractivity contribution in [2.24, 2.45) is 5.16 Å². The molecule has 1 amide bonds. The number of fused-ring (bicyclic) bond motifs is 1. The highest BCUT2D eigenvalue weighted by Gasteiger charge is 2.62. The van der Waals surface area contributed by atoms with Crippen LogP contribution in [0.15, 0.2) is 40.2 Å². The molecule has 0 bridgehead atoms. The Balaban J connectivity index is 1.54. The first-order chi connectivity index (χ1) is 15.6. The molecule has 3 aromatic rings. The maximum atomic E-state index is 14.2. The predicted molar refractivity (Wildman–Crippen MR) is 111 cm³/mol. The molecule has 0 saturated heterocycles. The number of carbonyl (C=O) groups excluding carboxylic acids is 1. The van der Waals surface area contributed by atoms with Gasteiger partial charge in [-0.3, -0.25) is 9.78 Å². The van der Waals surface area contributed by atoms with Crippen LogP contribution in [0.5, 0.6) is 0 Å². The number of amides is 1. The van der Waals surface area contributed by atoms with Gasteiger partial charge in [0.1, 0.15) is 16.9 Å². The van der Waals surface area contributed by atoms with Gasteiger partial charge >= 0.3 is 6.18 Å². The molecule has 33 heavy (non-hydrogen) atoms. The number of pyridine rings is 1. The molecule has 5 rings (SSSR count). The maximum Gasteiger partial charge on any atom is 0.435 e. The predicted octanol–water partition coefficient (Wildman–Crippen LogP) is 5.75. The highest BCUT2D eigenvalue weighted by molar-refractivity contribution is 6.35. The Hall–Kier alpha value is -2.85. The fourth-order valence-corrected chi connectivity index (χ4v) is 4.15. The lowest BCUT2D eigenvalue weighted by Crippen LogP contribution is -2.42. The molecular weight excluding hydrogens is 489 g/mol. The van der Waals surface area contributed by atoms with Gasteiger partial charge in [0.05, 0.1) is 28.4 Å². The highest BCUT2D eigenvalue weighted by Crippen LogP contribution is 2.50. The lowest BCUT2D eigenvalue weighted by Gasteiger charge is -2.29. The van der Waals surface area contributed by atoms with Crippen LogP contribution in [0.1, 0.15) is 40.9 Å². The highest BCUT2D eigenvalue weighted by atomic mass is 35.5. The third-order valence-corrected chi connectivity index (χ3v) is 6.10. The minimum Gasteiger partial charge on any atom is -0.463 e. The molecule has 1 aromatic carbocycles. The van der Waals surface area contributed by atoms with Gasteiger partial charge in [-0.1, -0.05) is 28.4 Å². The van der Waals surface area contributed by atoms with Crippen molar-refractivity contribution in [3.63, 3.8) is 0 Å². The standard InChI is InChI=1S/C21H13Cl2F4N3O3/c22-13-5-9(6-14(23)16(13)24)20(21(25,26)27)7-15(30-33-20)17-11-3-4-32-18(11)12(8-28-17)19(31)29-10-1-2-10/h3-6,8,10H,1-2,7H2,(H,29,31). The number of hydrogen-bond acceptors (Lipinski definition) is 5. The van der Waals surface area contributed by atoms with Gasteiger partial charge in [0.15, 0.2) is 5.82 Å². The minimum atomic E-state index is -4.96. The zero-order valence-corrected chi connectivity index (χ0v) is 18.0. The molecule has 2 aliphatic rings.